The molecule has 4 aromatic rings. The average molecular weight is 527 g/mol. The molecule has 0 aliphatic heterocycles. The van der Waals surface area contributed by atoms with Crippen LogP contribution < -0.4 is 10.1 Å². The summed E-state index contributed by atoms with van der Waals surface area (Å²) >= 11 is 13.4. The number of halogens is 2. The van der Waals surface area contributed by atoms with Crippen molar-refractivity contribution in [2.24, 2.45) is 0 Å². The number of benzene rings is 3. The maximum absolute atomic E-state index is 12.6. The van der Waals surface area contributed by atoms with Crippen molar-refractivity contribution in [3.8, 4) is 11.4 Å². The number of aromatic nitrogens is 3. The predicted molar refractivity (Wildman–Crippen MR) is 142 cm³/mol. The summed E-state index contributed by atoms with van der Waals surface area (Å²) in [6, 6.07) is 22.8. The number of nitrogens with one attached hydrogen (secondary N) is 1. The van der Waals surface area contributed by atoms with Crippen molar-refractivity contribution in [2.75, 3.05) is 11.1 Å². The lowest BCUT2D eigenvalue weighted by Crippen LogP contribution is -2.15. The van der Waals surface area contributed by atoms with Gasteiger partial charge in [0.15, 0.2) is 11.0 Å². The number of carbonyl (C=O) groups is 1. The topological polar surface area (TPSA) is 69.0 Å². The molecule has 180 valence electrons. The van der Waals surface area contributed by atoms with Crippen LogP contribution in [0.1, 0.15) is 24.7 Å². The minimum Gasteiger partial charge on any atom is -0.486 e. The first-order valence-corrected chi connectivity index (χ1v) is 12.9. The zero-order chi connectivity index (χ0) is 24.6. The zero-order valence-corrected chi connectivity index (χ0v) is 21.4. The van der Waals surface area contributed by atoms with Gasteiger partial charge >= 0.3 is 0 Å². The molecule has 0 bridgehead atoms. The van der Waals surface area contributed by atoms with Gasteiger partial charge in [-0.1, -0.05) is 78.6 Å². The van der Waals surface area contributed by atoms with Crippen LogP contribution in [0.3, 0.4) is 0 Å². The third-order valence-corrected chi connectivity index (χ3v) is 6.57. The highest BCUT2D eigenvalue weighted by Crippen LogP contribution is 2.27. The van der Waals surface area contributed by atoms with Gasteiger partial charge in [0.2, 0.25) is 5.91 Å². The van der Waals surface area contributed by atoms with E-state index in [-0.39, 0.29) is 18.3 Å². The largest absolute Gasteiger partial charge is 0.486 e. The first kappa shape index (κ1) is 25.1. The van der Waals surface area contributed by atoms with E-state index in [2.05, 4.69) is 34.6 Å². The van der Waals surface area contributed by atoms with E-state index in [4.69, 9.17) is 27.9 Å². The third kappa shape index (κ3) is 6.78. The first-order valence-electron chi connectivity index (χ1n) is 11.1. The molecule has 35 heavy (non-hydrogen) atoms. The molecule has 0 spiro atoms. The second kappa shape index (κ2) is 12.1. The Morgan fingerprint density at radius 2 is 1.80 bits per heavy atom. The van der Waals surface area contributed by atoms with Gasteiger partial charge in [-0.3, -0.25) is 9.36 Å². The number of amides is 1. The predicted octanol–water partition coefficient (Wildman–Crippen LogP) is 6.84. The minimum absolute atomic E-state index is 0.119. The number of thioether (sulfide) groups is 1. The Balaban J connectivity index is 1.47. The summed E-state index contributed by atoms with van der Waals surface area (Å²) in [4.78, 5) is 12.6. The summed E-state index contributed by atoms with van der Waals surface area (Å²) in [5.41, 5.74) is 2.63. The van der Waals surface area contributed by atoms with Crippen LogP contribution in [0, 0.1) is 0 Å². The third-order valence-electron chi connectivity index (χ3n) is 5.08. The number of hydrogen-bond donors (Lipinski definition) is 1. The van der Waals surface area contributed by atoms with E-state index in [0.717, 1.165) is 24.3 Å². The number of hydrogen-bond acceptors (Lipinski definition) is 5. The molecule has 3 aromatic carbocycles. The minimum atomic E-state index is -0.230. The molecule has 1 heterocycles. The fourth-order valence-electron chi connectivity index (χ4n) is 3.42. The number of aryl methyl sites for hydroxylation is 1. The molecule has 0 radical (unpaired) electrons. The van der Waals surface area contributed by atoms with Crippen molar-refractivity contribution in [3.05, 3.63) is 94.2 Å². The lowest BCUT2D eigenvalue weighted by Gasteiger charge is -2.12. The van der Waals surface area contributed by atoms with Crippen LogP contribution in [0.5, 0.6) is 5.75 Å². The Hall–Kier alpha value is -3.00. The molecule has 0 aliphatic rings. The van der Waals surface area contributed by atoms with Gasteiger partial charge in [0.25, 0.3) is 0 Å². The second-order valence-electron chi connectivity index (χ2n) is 7.71. The Morgan fingerprint density at radius 1 is 1.03 bits per heavy atom. The molecule has 1 amide bonds. The average Bonchev–Trinajstić information content (AvgIpc) is 3.28. The first-order chi connectivity index (χ1) is 17.0. The van der Waals surface area contributed by atoms with Gasteiger partial charge in [0.05, 0.1) is 16.5 Å². The van der Waals surface area contributed by atoms with E-state index in [1.807, 2.05) is 47.0 Å². The van der Waals surface area contributed by atoms with E-state index in [9.17, 15) is 4.79 Å². The van der Waals surface area contributed by atoms with Gasteiger partial charge < -0.3 is 10.1 Å². The number of nitrogens with zero attached hydrogens (tertiary/aromatic N) is 3. The van der Waals surface area contributed by atoms with Crippen molar-refractivity contribution in [1.82, 2.24) is 14.8 Å². The van der Waals surface area contributed by atoms with Crippen LogP contribution in [0.4, 0.5) is 5.69 Å². The summed E-state index contributed by atoms with van der Waals surface area (Å²) < 4.78 is 7.89. The van der Waals surface area contributed by atoms with Gasteiger partial charge in [-0.05, 0) is 54.4 Å². The fourth-order valence-corrected chi connectivity index (χ4v) is 4.53. The zero-order valence-electron chi connectivity index (χ0n) is 19.1. The summed E-state index contributed by atoms with van der Waals surface area (Å²) in [6.07, 6.45) is 2.14. The van der Waals surface area contributed by atoms with Crippen molar-refractivity contribution >= 4 is 46.6 Å². The molecule has 9 heteroatoms. The normalized spacial score (nSPS) is 10.8. The fraction of sp³-hybridized carbons (Fsp3) is 0.192. The molecule has 0 saturated heterocycles. The molecule has 4 rings (SSSR count). The van der Waals surface area contributed by atoms with E-state index < -0.39 is 0 Å². The summed E-state index contributed by atoms with van der Waals surface area (Å²) in [5.74, 6) is 1.29. The van der Waals surface area contributed by atoms with Crippen LogP contribution >= 0.6 is 35.0 Å². The summed E-state index contributed by atoms with van der Waals surface area (Å²) in [5, 5.41) is 12.9. The van der Waals surface area contributed by atoms with Crippen LogP contribution in [-0.4, -0.2) is 26.4 Å². The van der Waals surface area contributed by atoms with Crippen LogP contribution in [0.25, 0.3) is 5.69 Å². The highest BCUT2D eigenvalue weighted by atomic mass is 35.5. The van der Waals surface area contributed by atoms with Gasteiger partial charge in [-0.25, -0.2) is 0 Å². The Labute approximate surface area is 218 Å². The maximum Gasteiger partial charge on any atom is 0.234 e. The smallest absolute Gasteiger partial charge is 0.234 e. The number of carbonyl (C=O) groups excluding carboxylic acids is 1. The lowest BCUT2D eigenvalue weighted by atomic mass is 10.1. The second-order valence-corrected chi connectivity index (χ2v) is 9.50. The molecule has 0 saturated carbocycles. The van der Waals surface area contributed by atoms with Crippen LogP contribution in [-0.2, 0) is 17.8 Å². The van der Waals surface area contributed by atoms with Crippen LogP contribution in [0.2, 0.25) is 10.0 Å². The summed E-state index contributed by atoms with van der Waals surface area (Å²) in [7, 11) is 0. The van der Waals surface area contributed by atoms with Crippen LogP contribution in [0.15, 0.2) is 78.0 Å². The highest BCUT2D eigenvalue weighted by Gasteiger charge is 2.17. The lowest BCUT2D eigenvalue weighted by molar-refractivity contribution is -0.113. The molecule has 0 fully saturated rings. The van der Waals surface area contributed by atoms with Gasteiger partial charge in [-0.2, -0.15) is 0 Å². The van der Waals surface area contributed by atoms with E-state index in [0.29, 0.717) is 26.7 Å². The molecular weight excluding hydrogens is 503 g/mol. The molecule has 1 aromatic heterocycles. The van der Waals surface area contributed by atoms with Crippen molar-refractivity contribution < 1.29 is 9.53 Å². The number of para-hydroxylation sites is 1. The Morgan fingerprint density at radius 3 is 2.54 bits per heavy atom. The molecule has 0 atom stereocenters. The quantitative estimate of drug-likeness (QED) is 0.229. The molecule has 0 unspecified atom stereocenters. The number of rotatable bonds is 10. The van der Waals surface area contributed by atoms with Gasteiger partial charge in [0.1, 0.15) is 12.4 Å². The SMILES string of the molecule is CCCc1ccc(OCc2nnc(SCC(=O)Nc3cc(Cl)ccc3Cl)n2-c2ccccc2)cc1. The number of ether oxygens (including phenoxy) is 1. The van der Waals surface area contributed by atoms with Crippen molar-refractivity contribution in [1.29, 1.82) is 0 Å². The Bertz CT molecular complexity index is 1280. The van der Waals surface area contributed by atoms with E-state index >= 15 is 0 Å². The summed E-state index contributed by atoms with van der Waals surface area (Å²) in [6.45, 7) is 2.40. The Kier molecular flexibility index (Phi) is 8.69. The number of anilines is 1. The highest BCUT2D eigenvalue weighted by molar-refractivity contribution is 7.99. The molecule has 1 N–H and O–H groups in total. The molecule has 0 aliphatic carbocycles. The van der Waals surface area contributed by atoms with Crippen molar-refractivity contribution in [3.63, 3.8) is 0 Å². The van der Waals surface area contributed by atoms with E-state index in [1.54, 1.807) is 18.2 Å². The van der Waals surface area contributed by atoms with Gasteiger partial charge in [-0.15, -0.1) is 10.2 Å². The van der Waals surface area contributed by atoms with E-state index in [1.165, 1.54) is 17.3 Å². The molecule has 6 nitrogen and oxygen atoms in total. The standard InChI is InChI=1S/C26H24Cl2N4O2S/c1-2-6-18-9-12-21(13-10-18)34-16-24-30-31-26(32(24)20-7-4-3-5-8-20)35-17-25(33)29-23-15-19(27)11-14-22(23)28/h3-5,7-15H,2,6,16-17H2,1H3,(H,29,33). The monoisotopic (exact) mass is 526 g/mol. The maximum atomic E-state index is 12.6. The van der Waals surface area contributed by atoms with Gasteiger partial charge in [0, 0.05) is 10.7 Å². The van der Waals surface area contributed by atoms with Crippen molar-refractivity contribution in [2.45, 2.75) is 31.5 Å². The molecular formula is C26H24Cl2N4O2S.